The van der Waals surface area contributed by atoms with Crippen molar-refractivity contribution in [3.63, 3.8) is 0 Å². The summed E-state index contributed by atoms with van der Waals surface area (Å²) in [5.41, 5.74) is 2.35. The second kappa shape index (κ2) is 3.37. The van der Waals surface area contributed by atoms with Gasteiger partial charge in [0.25, 0.3) is 0 Å². The Balaban J connectivity index is 3.02. The lowest BCUT2D eigenvalue weighted by Gasteiger charge is -2.03. The van der Waals surface area contributed by atoms with Crippen LogP contribution in [0.15, 0.2) is 12.3 Å². The second-order valence-corrected chi connectivity index (χ2v) is 2.47. The van der Waals surface area contributed by atoms with Crippen molar-refractivity contribution in [2.24, 2.45) is 0 Å². The van der Waals surface area contributed by atoms with Gasteiger partial charge in [-0.25, -0.2) is 0 Å². The molecule has 0 radical (unpaired) electrons. The molecule has 2 heteroatoms. The molecule has 0 aliphatic rings. The zero-order valence-electron chi connectivity index (χ0n) is 7.22. The van der Waals surface area contributed by atoms with E-state index in [2.05, 4.69) is 11.9 Å². The zero-order chi connectivity index (χ0) is 8.27. The Hall–Kier alpha value is -1.05. The number of hydrogen-bond donors (Lipinski definition) is 0. The van der Waals surface area contributed by atoms with Crippen LogP contribution in [0, 0.1) is 6.92 Å². The Morgan fingerprint density at radius 2 is 2.27 bits per heavy atom. The molecule has 2 nitrogen and oxygen atoms in total. The van der Waals surface area contributed by atoms with Gasteiger partial charge in [-0.05, 0) is 25.0 Å². The minimum absolute atomic E-state index is 0.840. The summed E-state index contributed by atoms with van der Waals surface area (Å²) in [6, 6.07) is 2.03. The minimum atomic E-state index is 0.840. The van der Waals surface area contributed by atoms with Crippen molar-refractivity contribution in [2.75, 3.05) is 7.11 Å². The van der Waals surface area contributed by atoms with Crippen LogP contribution in [0.5, 0.6) is 5.75 Å². The van der Waals surface area contributed by atoms with Crippen LogP contribution in [-0.2, 0) is 6.42 Å². The molecule has 0 fully saturated rings. The maximum absolute atomic E-state index is 5.05. The standard InChI is InChI=1S/C9H13NO/c1-4-8-5-9(11-3)6-10-7(8)2/h5-6H,4H2,1-3H3. The zero-order valence-corrected chi connectivity index (χ0v) is 7.22. The summed E-state index contributed by atoms with van der Waals surface area (Å²) in [5, 5.41) is 0. The molecule has 60 valence electrons. The minimum Gasteiger partial charge on any atom is -0.495 e. The van der Waals surface area contributed by atoms with E-state index in [0.717, 1.165) is 17.9 Å². The van der Waals surface area contributed by atoms with E-state index in [9.17, 15) is 0 Å². The highest BCUT2D eigenvalue weighted by molar-refractivity contribution is 5.28. The summed E-state index contributed by atoms with van der Waals surface area (Å²) in [7, 11) is 1.66. The van der Waals surface area contributed by atoms with Gasteiger partial charge in [-0.1, -0.05) is 6.92 Å². The molecule has 0 saturated heterocycles. The van der Waals surface area contributed by atoms with Crippen molar-refractivity contribution >= 4 is 0 Å². The number of ether oxygens (including phenoxy) is 1. The third-order valence-electron chi connectivity index (χ3n) is 1.78. The predicted octanol–water partition coefficient (Wildman–Crippen LogP) is 1.96. The summed E-state index contributed by atoms with van der Waals surface area (Å²) in [4.78, 5) is 4.20. The van der Waals surface area contributed by atoms with Crippen molar-refractivity contribution in [3.8, 4) is 5.75 Å². The molecule has 0 aromatic carbocycles. The molecule has 0 N–H and O–H groups in total. The van der Waals surface area contributed by atoms with Crippen LogP contribution >= 0.6 is 0 Å². The van der Waals surface area contributed by atoms with E-state index in [1.165, 1.54) is 5.56 Å². The Bertz CT molecular complexity index is 245. The molecule has 0 amide bonds. The fourth-order valence-corrected chi connectivity index (χ4v) is 1.03. The number of methoxy groups -OCH3 is 1. The number of hydrogen-bond acceptors (Lipinski definition) is 2. The van der Waals surface area contributed by atoms with Gasteiger partial charge in [-0.2, -0.15) is 0 Å². The highest BCUT2D eigenvalue weighted by atomic mass is 16.5. The maximum Gasteiger partial charge on any atom is 0.137 e. The van der Waals surface area contributed by atoms with Crippen LogP contribution in [0.4, 0.5) is 0 Å². The highest BCUT2D eigenvalue weighted by Crippen LogP contribution is 2.13. The number of aromatic nitrogens is 1. The summed E-state index contributed by atoms with van der Waals surface area (Å²) >= 11 is 0. The van der Waals surface area contributed by atoms with Gasteiger partial charge in [0.2, 0.25) is 0 Å². The van der Waals surface area contributed by atoms with Crippen LogP contribution in [0.1, 0.15) is 18.2 Å². The molecule has 0 atom stereocenters. The van der Waals surface area contributed by atoms with Gasteiger partial charge >= 0.3 is 0 Å². The monoisotopic (exact) mass is 151 g/mol. The summed E-state index contributed by atoms with van der Waals surface area (Å²) in [5.74, 6) is 0.840. The molecule has 0 spiro atoms. The third-order valence-corrected chi connectivity index (χ3v) is 1.78. The molecule has 0 bridgehead atoms. The lowest BCUT2D eigenvalue weighted by molar-refractivity contribution is 0.412. The predicted molar refractivity (Wildman–Crippen MR) is 44.9 cm³/mol. The summed E-state index contributed by atoms with van der Waals surface area (Å²) < 4.78 is 5.05. The van der Waals surface area contributed by atoms with E-state index in [-0.39, 0.29) is 0 Å². The first-order valence-corrected chi connectivity index (χ1v) is 3.77. The largest absolute Gasteiger partial charge is 0.495 e. The number of rotatable bonds is 2. The topological polar surface area (TPSA) is 22.1 Å². The Morgan fingerprint density at radius 1 is 1.55 bits per heavy atom. The average Bonchev–Trinajstić information content (AvgIpc) is 2.05. The van der Waals surface area contributed by atoms with Gasteiger partial charge < -0.3 is 4.74 Å². The Labute approximate surface area is 67.2 Å². The van der Waals surface area contributed by atoms with Gasteiger partial charge in [-0.3, -0.25) is 4.98 Å². The van der Waals surface area contributed by atoms with Crippen molar-refractivity contribution in [1.29, 1.82) is 0 Å². The number of nitrogens with zero attached hydrogens (tertiary/aromatic N) is 1. The number of pyridine rings is 1. The van der Waals surface area contributed by atoms with Crippen molar-refractivity contribution in [2.45, 2.75) is 20.3 Å². The average molecular weight is 151 g/mol. The van der Waals surface area contributed by atoms with Gasteiger partial charge in [-0.15, -0.1) is 0 Å². The van der Waals surface area contributed by atoms with Gasteiger partial charge in [0, 0.05) is 5.69 Å². The lowest BCUT2D eigenvalue weighted by Crippen LogP contribution is -1.92. The first-order chi connectivity index (χ1) is 5.27. The highest BCUT2D eigenvalue weighted by Gasteiger charge is 1.98. The quantitative estimate of drug-likeness (QED) is 0.644. The molecule has 1 aromatic rings. The van der Waals surface area contributed by atoms with E-state index in [4.69, 9.17) is 4.74 Å². The van der Waals surface area contributed by atoms with Crippen molar-refractivity contribution in [1.82, 2.24) is 4.98 Å². The van der Waals surface area contributed by atoms with Crippen molar-refractivity contribution < 1.29 is 4.74 Å². The first-order valence-electron chi connectivity index (χ1n) is 3.77. The normalized spacial score (nSPS) is 9.73. The van der Waals surface area contributed by atoms with E-state index in [1.807, 2.05) is 13.0 Å². The summed E-state index contributed by atoms with van der Waals surface area (Å²) in [6.45, 7) is 4.13. The lowest BCUT2D eigenvalue weighted by atomic mass is 10.1. The van der Waals surface area contributed by atoms with E-state index in [0.29, 0.717) is 0 Å². The van der Waals surface area contributed by atoms with Gasteiger partial charge in [0.05, 0.1) is 13.3 Å². The van der Waals surface area contributed by atoms with E-state index in [1.54, 1.807) is 13.3 Å². The van der Waals surface area contributed by atoms with Gasteiger partial charge in [0.15, 0.2) is 0 Å². The van der Waals surface area contributed by atoms with Crippen molar-refractivity contribution in [3.05, 3.63) is 23.5 Å². The van der Waals surface area contributed by atoms with Crippen LogP contribution in [0.3, 0.4) is 0 Å². The first kappa shape index (κ1) is 8.05. The molecule has 1 aromatic heterocycles. The van der Waals surface area contributed by atoms with Crippen LogP contribution in [0.25, 0.3) is 0 Å². The second-order valence-electron chi connectivity index (χ2n) is 2.47. The third kappa shape index (κ3) is 1.70. The SMILES string of the molecule is CCc1cc(OC)cnc1C. The molecule has 1 heterocycles. The molecular weight excluding hydrogens is 138 g/mol. The smallest absolute Gasteiger partial charge is 0.137 e. The van der Waals surface area contributed by atoms with Gasteiger partial charge in [0.1, 0.15) is 5.75 Å². The molecule has 0 unspecified atom stereocenters. The summed E-state index contributed by atoms with van der Waals surface area (Å²) in [6.07, 6.45) is 2.75. The van der Waals surface area contributed by atoms with Crippen LogP contribution < -0.4 is 4.74 Å². The molecule has 0 saturated carbocycles. The van der Waals surface area contributed by atoms with Crippen LogP contribution in [-0.4, -0.2) is 12.1 Å². The molecule has 1 rings (SSSR count). The molecule has 0 aliphatic heterocycles. The number of aryl methyl sites for hydroxylation is 2. The fraction of sp³-hybridized carbons (Fsp3) is 0.444. The molecule has 11 heavy (non-hydrogen) atoms. The van der Waals surface area contributed by atoms with E-state index < -0.39 is 0 Å². The van der Waals surface area contributed by atoms with E-state index >= 15 is 0 Å². The Kier molecular flexibility index (Phi) is 2.47. The molecule has 0 aliphatic carbocycles. The fourth-order valence-electron chi connectivity index (χ4n) is 1.03. The molecular formula is C9H13NO. The van der Waals surface area contributed by atoms with Crippen LogP contribution in [0.2, 0.25) is 0 Å². The maximum atomic E-state index is 5.05. The Morgan fingerprint density at radius 3 is 2.82 bits per heavy atom.